The predicted octanol–water partition coefficient (Wildman–Crippen LogP) is 4.20. The van der Waals surface area contributed by atoms with E-state index in [0.29, 0.717) is 5.92 Å². The van der Waals surface area contributed by atoms with Gasteiger partial charge in [-0.15, -0.1) is 0 Å². The molecule has 0 aromatic carbocycles. The number of methoxy groups -OCH3 is 2. The number of rotatable bonds is 8. The van der Waals surface area contributed by atoms with Crippen LogP contribution in [0, 0.1) is 11.3 Å². The lowest BCUT2D eigenvalue weighted by molar-refractivity contribution is -0.139. The van der Waals surface area contributed by atoms with E-state index in [2.05, 4.69) is 6.92 Å². The Morgan fingerprint density at radius 1 is 0.857 bits per heavy atom. The van der Waals surface area contributed by atoms with E-state index in [4.69, 9.17) is 14.2 Å². The van der Waals surface area contributed by atoms with Crippen molar-refractivity contribution < 1.29 is 14.2 Å². The zero-order chi connectivity index (χ0) is 15.2. The second kappa shape index (κ2) is 7.94. The molecule has 2 saturated carbocycles. The van der Waals surface area contributed by atoms with E-state index >= 15 is 0 Å². The molecular weight excluding hydrogens is 264 g/mol. The van der Waals surface area contributed by atoms with Crippen molar-refractivity contribution in [3.8, 4) is 0 Å². The Morgan fingerprint density at radius 2 is 1.43 bits per heavy atom. The van der Waals surface area contributed by atoms with E-state index in [0.717, 1.165) is 19.8 Å². The van der Waals surface area contributed by atoms with Crippen LogP contribution in [0.2, 0.25) is 0 Å². The first-order valence-corrected chi connectivity index (χ1v) is 8.76. The Kier molecular flexibility index (Phi) is 6.51. The van der Waals surface area contributed by atoms with E-state index in [1.54, 1.807) is 0 Å². The van der Waals surface area contributed by atoms with Crippen LogP contribution in [-0.2, 0) is 14.2 Å². The molecule has 0 atom stereocenters. The van der Waals surface area contributed by atoms with Gasteiger partial charge < -0.3 is 14.2 Å². The van der Waals surface area contributed by atoms with Crippen LogP contribution in [-0.4, -0.2) is 39.6 Å². The van der Waals surface area contributed by atoms with Crippen molar-refractivity contribution in [3.05, 3.63) is 0 Å². The summed E-state index contributed by atoms with van der Waals surface area (Å²) in [6, 6.07) is 0. The molecular formula is C18H34O3. The second-order valence-electron chi connectivity index (χ2n) is 7.51. The van der Waals surface area contributed by atoms with Gasteiger partial charge in [-0.05, 0) is 38.5 Å². The maximum absolute atomic E-state index is 6.49. The van der Waals surface area contributed by atoms with Gasteiger partial charge in [0.1, 0.15) is 0 Å². The van der Waals surface area contributed by atoms with Crippen molar-refractivity contribution in [1.29, 1.82) is 0 Å². The zero-order valence-electron chi connectivity index (χ0n) is 14.3. The van der Waals surface area contributed by atoms with Crippen LogP contribution in [0.4, 0.5) is 0 Å². The lowest BCUT2D eigenvalue weighted by atomic mass is 9.75. The summed E-state index contributed by atoms with van der Waals surface area (Å²) in [4.78, 5) is 0. The molecule has 0 heterocycles. The van der Waals surface area contributed by atoms with Gasteiger partial charge in [-0.25, -0.2) is 0 Å². The first-order valence-electron chi connectivity index (χ1n) is 8.76. The number of hydrogen-bond donors (Lipinski definition) is 0. The predicted molar refractivity (Wildman–Crippen MR) is 85.6 cm³/mol. The standard InChI is InChI=1S/C18H34O3/c1-17(11-7-4-8-12-17)21-15-18(13-19-2,14-20-3)16-9-5-6-10-16/h16H,4-15H2,1-3H3. The molecule has 0 N–H and O–H groups in total. The van der Waals surface area contributed by atoms with Gasteiger partial charge in [-0.1, -0.05) is 32.1 Å². The summed E-state index contributed by atoms with van der Waals surface area (Å²) in [5, 5.41) is 0. The van der Waals surface area contributed by atoms with Gasteiger partial charge in [-0.2, -0.15) is 0 Å². The van der Waals surface area contributed by atoms with Gasteiger partial charge in [0.2, 0.25) is 0 Å². The Bertz CT molecular complexity index is 285. The van der Waals surface area contributed by atoms with Crippen LogP contribution >= 0.6 is 0 Å². The molecule has 0 spiro atoms. The quantitative estimate of drug-likeness (QED) is 0.672. The summed E-state index contributed by atoms with van der Waals surface area (Å²) in [7, 11) is 3.61. The highest BCUT2D eigenvalue weighted by Gasteiger charge is 2.42. The molecule has 2 rings (SSSR count). The Balaban J connectivity index is 2.02. The lowest BCUT2D eigenvalue weighted by Gasteiger charge is -2.42. The van der Waals surface area contributed by atoms with Crippen molar-refractivity contribution in [2.45, 2.75) is 70.3 Å². The highest BCUT2D eigenvalue weighted by molar-refractivity contribution is 4.91. The van der Waals surface area contributed by atoms with Crippen LogP contribution in [0.25, 0.3) is 0 Å². The molecule has 21 heavy (non-hydrogen) atoms. The van der Waals surface area contributed by atoms with Gasteiger partial charge >= 0.3 is 0 Å². The molecule has 0 aromatic heterocycles. The maximum Gasteiger partial charge on any atom is 0.0654 e. The van der Waals surface area contributed by atoms with E-state index in [1.165, 1.54) is 57.8 Å². The summed E-state index contributed by atoms with van der Waals surface area (Å²) in [5.41, 5.74) is 0.115. The van der Waals surface area contributed by atoms with E-state index in [9.17, 15) is 0 Å². The molecule has 3 nitrogen and oxygen atoms in total. The molecule has 0 saturated heterocycles. The van der Waals surface area contributed by atoms with E-state index in [1.807, 2.05) is 14.2 Å². The molecule has 2 aliphatic rings. The maximum atomic E-state index is 6.49. The monoisotopic (exact) mass is 298 g/mol. The molecule has 0 radical (unpaired) electrons. The van der Waals surface area contributed by atoms with E-state index < -0.39 is 0 Å². The van der Waals surface area contributed by atoms with Gasteiger partial charge in [0.25, 0.3) is 0 Å². The Labute approximate surface area is 130 Å². The first-order chi connectivity index (χ1) is 10.1. The molecule has 124 valence electrons. The first kappa shape index (κ1) is 17.2. The van der Waals surface area contributed by atoms with Crippen molar-refractivity contribution in [1.82, 2.24) is 0 Å². The number of hydrogen-bond acceptors (Lipinski definition) is 3. The third kappa shape index (κ3) is 4.43. The molecule has 0 aromatic rings. The van der Waals surface area contributed by atoms with Crippen LogP contribution in [0.3, 0.4) is 0 Å². The summed E-state index contributed by atoms with van der Waals surface area (Å²) >= 11 is 0. The number of ether oxygens (including phenoxy) is 3. The fourth-order valence-electron chi connectivity index (χ4n) is 4.35. The minimum Gasteiger partial charge on any atom is -0.384 e. The summed E-state index contributed by atoms with van der Waals surface area (Å²) in [6.07, 6.45) is 11.7. The smallest absolute Gasteiger partial charge is 0.0654 e. The molecule has 0 unspecified atom stereocenters. The molecule has 0 bridgehead atoms. The average molecular weight is 298 g/mol. The third-order valence-electron chi connectivity index (χ3n) is 5.70. The van der Waals surface area contributed by atoms with Crippen LogP contribution in [0.5, 0.6) is 0 Å². The van der Waals surface area contributed by atoms with E-state index in [-0.39, 0.29) is 11.0 Å². The summed E-state index contributed by atoms with van der Waals surface area (Å²) in [6.45, 7) is 4.59. The van der Waals surface area contributed by atoms with Crippen LogP contribution in [0.1, 0.15) is 64.7 Å². The van der Waals surface area contributed by atoms with Crippen molar-refractivity contribution in [2.75, 3.05) is 34.0 Å². The van der Waals surface area contributed by atoms with Gasteiger partial charge in [0, 0.05) is 19.6 Å². The Morgan fingerprint density at radius 3 is 1.95 bits per heavy atom. The molecule has 2 aliphatic carbocycles. The SMILES string of the molecule is COCC(COC)(COC1(C)CCCCC1)C1CCCC1. The highest BCUT2D eigenvalue weighted by Crippen LogP contribution is 2.42. The van der Waals surface area contributed by atoms with Crippen molar-refractivity contribution in [2.24, 2.45) is 11.3 Å². The van der Waals surface area contributed by atoms with Gasteiger partial charge in [0.05, 0.1) is 25.4 Å². The Hall–Kier alpha value is -0.120. The fraction of sp³-hybridized carbons (Fsp3) is 1.00. The molecule has 2 fully saturated rings. The summed E-state index contributed by atoms with van der Waals surface area (Å²) < 4.78 is 17.7. The minimum atomic E-state index is 0.0421. The van der Waals surface area contributed by atoms with Crippen LogP contribution in [0.15, 0.2) is 0 Å². The van der Waals surface area contributed by atoms with Gasteiger partial charge in [0.15, 0.2) is 0 Å². The van der Waals surface area contributed by atoms with Crippen molar-refractivity contribution >= 4 is 0 Å². The van der Waals surface area contributed by atoms with Gasteiger partial charge in [-0.3, -0.25) is 0 Å². The molecule has 0 amide bonds. The molecule has 0 aliphatic heterocycles. The van der Waals surface area contributed by atoms with Crippen molar-refractivity contribution in [3.63, 3.8) is 0 Å². The zero-order valence-corrected chi connectivity index (χ0v) is 14.3. The van der Waals surface area contributed by atoms with Crippen LogP contribution < -0.4 is 0 Å². The average Bonchev–Trinajstić information content (AvgIpc) is 3.01. The fourth-order valence-corrected chi connectivity index (χ4v) is 4.35. The largest absolute Gasteiger partial charge is 0.384 e. The summed E-state index contributed by atoms with van der Waals surface area (Å²) in [5.74, 6) is 0.685. The molecule has 3 heteroatoms. The highest BCUT2D eigenvalue weighted by atomic mass is 16.5. The third-order valence-corrected chi connectivity index (χ3v) is 5.70. The normalized spacial score (nSPS) is 23.6. The topological polar surface area (TPSA) is 27.7 Å². The second-order valence-corrected chi connectivity index (χ2v) is 7.51. The minimum absolute atomic E-state index is 0.0421. The lowest BCUT2D eigenvalue weighted by Crippen LogP contribution is -2.46.